The molecule has 1 aromatic heterocycles. The molecule has 1 aromatic rings. The monoisotopic (exact) mass is 281 g/mol. The van der Waals surface area contributed by atoms with E-state index in [0.29, 0.717) is 38.3 Å². The quantitative estimate of drug-likeness (QED) is 0.775. The van der Waals surface area contributed by atoms with E-state index in [1.807, 2.05) is 11.8 Å². The summed E-state index contributed by atoms with van der Waals surface area (Å²) in [5.74, 6) is -0.351. The molecule has 4 nitrogen and oxygen atoms in total. The molecule has 2 fully saturated rings. The van der Waals surface area contributed by atoms with Crippen LogP contribution in [0.25, 0.3) is 0 Å². The van der Waals surface area contributed by atoms with Crippen molar-refractivity contribution in [3.63, 3.8) is 0 Å². The highest BCUT2D eigenvalue weighted by molar-refractivity contribution is 5.88. The number of pyridine rings is 1. The SMILES string of the molecule is CC1CN(C(=O)C2(F)CC2)CCN1c1cccc(F)n1. The lowest BCUT2D eigenvalue weighted by Gasteiger charge is -2.41. The van der Waals surface area contributed by atoms with Gasteiger partial charge in [0.1, 0.15) is 5.82 Å². The third kappa shape index (κ3) is 2.34. The van der Waals surface area contributed by atoms with Gasteiger partial charge in [-0.3, -0.25) is 4.79 Å². The summed E-state index contributed by atoms with van der Waals surface area (Å²) in [6, 6.07) is 4.65. The molecule has 0 bridgehead atoms. The van der Waals surface area contributed by atoms with Crippen molar-refractivity contribution in [2.24, 2.45) is 0 Å². The average molecular weight is 281 g/mol. The van der Waals surface area contributed by atoms with Crippen molar-refractivity contribution in [1.29, 1.82) is 0 Å². The molecule has 1 amide bonds. The third-order valence-corrected chi connectivity index (χ3v) is 3.98. The van der Waals surface area contributed by atoms with Crippen LogP contribution in [-0.4, -0.2) is 47.1 Å². The van der Waals surface area contributed by atoms with Crippen LogP contribution >= 0.6 is 0 Å². The summed E-state index contributed by atoms with van der Waals surface area (Å²) in [5.41, 5.74) is -1.61. The molecule has 0 radical (unpaired) electrons. The minimum atomic E-state index is -1.61. The predicted molar refractivity (Wildman–Crippen MR) is 70.7 cm³/mol. The summed E-state index contributed by atoms with van der Waals surface area (Å²) in [4.78, 5) is 19.4. The van der Waals surface area contributed by atoms with Crippen LogP contribution in [0.5, 0.6) is 0 Å². The Morgan fingerprint density at radius 3 is 2.75 bits per heavy atom. The van der Waals surface area contributed by atoms with Crippen LogP contribution in [0.1, 0.15) is 19.8 Å². The maximum Gasteiger partial charge on any atom is 0.260 e. The fourth-order valence-electron chi connectivity index (χ4n) is 2.65. The first kappa shape index (κ1) is 13.3. The van der Waals surface area contributed by atoms with Gasteiger partial charge in [-0.1, -0.05) is 6.07 Å². The van der Waals surface area contributed by atoms with Crippen molar-refractivity contribution in [1.82, 2.24) is 9.88 Å². The number of halogens is 2. The molecular weight excluding hydrogens is 264 g/mol. The minimum absolute atomic E-state index is 0.00986. The van der Waals surface area contributed by atoms with E-state index in [1.165, 1.54) is 6.07 Å². The van der Waals surface area contributed by atoms with Gasteiger partial charge in [-0.15, -0.1) is 0 Å². The van der Waals surface area contributed by atoms with Gasteiger partial charge >= 0.3 is 0 Å². The van der Waals surface area contributed by atoms with Crippen LogP contribution in [0.4, 0.5) is 14.6 Å². The molecule has 1 atom stereocenters. The number of anilines is 1. The van der Waals surface area contributed by atoms with Crippen LogP contribution in [0.3, 0.4) is 0 Å². The highest BCUT2D eigenvalue weighted by atomic mass is 19.1. The molecular formula is C14H17F2N3O. The molecule has 3 rings (SSSR count). The number of alkyl halides is 1. The Morgan fingerprint density at radius 1 is 1.40 bits per heavy atom. The van der Waals surface area contributed by atoms with E-state index in [4.69, 9.17) is 0 Å². The number of carbonyl (C=O) groups excluding carboxylic acids is 1. The van der Waals surface area contributed by atoms with E-state index >= 15 is 0 Å². The molecule has 1 aliphatic carbocycles. The number of amides is 1. The summed E-state index contributed by atoms with van der Waals surface area (Å²) in [6.07, 6.45) is 0.678. The predicted octanol–water partition coefficient (Wildman–Crippen LogP) is 1.76. The second-order valence-electron chi connectivity index (χ2n) is 5.58. The maximum atomic E-state index is 13.8. The van der Waals surface area contributed by atoms with E-state index in [9.17, 15) is 13.6 Å². The topological polar surface area (TPSA) is 36.4 Å². The first-order valence-corrected chi connectivity index (χ1v) is 6.87. The average Bonchev–Trinajstić information content (AvgIpc) is 3.17. The minimum Gasteiger partial charge on any atom is -0.350 e. The van der Waals surface area contributed by atoms with Crippen molar-refractivity contribution in [2.75, 3.05) is 24.5 Å². The zero-order valence-electron chi connectivity index (χ0n) is 11.4. The zero-order valence-corrected chi connectivity index (χ0v) is 11.4. The van der Waals surface area contributed by atoms with Crippen LogP contribution in [-0.2, 0) is 4.79 Å². The number of nitrogens with zero attached hydrogens (tertiary/aromatic N) is 3. The van der Waals surface area contributed by atoms with Crippen LogP contribution in [0.15, 0.2) is 18.2 Å². The van der Waals surface area contributed by atoms with Crippen molar-refractivity contribution in [3.05, 3.63) is 24.1 Å². The van der Waals surface area contributed by atoms with Gasteiger partial charge in [-0.2, -0.15) is 4.39 Å². The Bertz CT molecular complexity index is 533. The summed E-state index contributed by atoms with van der Waals surface area (Å²) in [5, 5.41) is 0. The van der Waals surface area contributed by atoms with E-state index in [0.717, 1.165) is 0 Å². The van der Waals surface area contributed by atoms with Crippen LogP contribution < -0.4 is 4.90 Å². The Morgan fingerprint density at radius 2 is 2.15 bits per heavy atom. The molecule has 0 aromatic carbocycles. The molecule has 108 valence electrons. The summed E-state index contributed by atoms with van der Waals surface area (Å²) in [6.45, 7) is 3.37. The Hall–Kier alpha value is -1.72. The van der Waals surface area contributed by atoms with E-state index in [2.05, 4.69) is 4.98 Å². The molecule has 20 heavy (non-hydrogen) atoms. The van der Waals surface area contributed by atoms with Crippen molar-refractivity contribution in [3.8, 4) is 0 Å². The number of aromatic nitrogens is 1. The highest BCUT2D eigenvalue weighted by Gasteiger charge is 2.53. The van der Waals surface area contributed by atoms with Crippen LogP contribution in [0, 0.1) is 5.95 Å². The normalized spacial score (nSPS) is 24.6. The molecule has 6 heteroatoms. The molecule has 0 spiro atoms. The molecule has 1 unspecified atom stereocenters. The Labute approximate surface area is 116 Å². The van der Waals surface area contributed by atoms with Gasteiger partial charge in [-0.25, -0.2) is 9.37 Å². The van der Waals surface area contributed by atoms with Gasteiger partial charge in [0.05, 0.1) is 0 Å². The van der Waals surface area contributed by atoms with Gasteiger partial charge in [0.15, 0.2) is 5.67 Å². The van der Waals surface area contributed by atoms with E-state index in [-0.39, 0.29) is 6.04 Å². The Kier molecular flexibility index (Phi) is 3.11. The van der Waals surface area contributed by atoms with Crippen LogP contribution in [0.2, 0.25) is 0 Å². The van der Waals surface area contributed by atoms with Crippen molar-refractivity contribution >= 4 is 11.7 Å². The van der Waals surface area contributed by atoms with Gasteiger partial charge in [0, 0.05) is 25.7 Å². The fourth-order valence-corrected chi connectivity index (χ4v) is 2.65. The zero-order chi connectivity index (χ0) is 14.3. The summed E-state index contributed by atoms with van der Waals surface area (Å²) in [7, 11) is 0. The van der Waals surface area contributed by atoms with E-state index in [1.54, 1.807) is 17.0 Å². The molecule has 1 saturated carbocycles. The number of piperazine rings is 1. The van der Waals surface area contributed by atoms with Gasteiger partial charge < -0.3 is 9.80 Å². The lowest BCUT2D eigenvalue weighted by Crippen LogP contribution is -2.56. The second-order valence-corrected chi connectivity index (χ2v) is 5.58. The Balaban J connectivity index is 1.69. The maximum absolute atomic E-state index is 13.8. The van der Waals surface area contributed by atoms with Gasteiger partial charge in [-0.05, 0) is 31.9 Å². The van der Waals surface area contributed by atoms with Crippen molar-refractivity contribution in [2.45, 2.75) is 31.5 Å². The molecule has 0 N–H and O–H groups in total. The number of hydrogen-bond acceptors (Lipinski definition) is 3. The lowest BCUT2D eigenvalue weighted by molar-refractivity contribution is -0.138. The van der Waals surface area contributed by atoms with Gasteiger partial charge in [0.25, 0.3) is 5.91 Å². The number of rotatable bonds is 2. The second kappa shape index (κ2) is 4.68. The summed E-state index contributed by atoms with van der Waals surface area (Å²) < 4.78 is 27.0. The fraction of sp³-hybridized carbons (Fsp3) is 0.571. The standard InChI is InChI=1S/C14H17F2N3O/c1-10-9-18(13(20)14(16)5-6-14)7-8-19(10)12-4-2-3-11(15)17-12/h2-4,10H,5-9H2,1H3. The number of hydrogen-bond donors (Lipinski definition) is 0. The molecule has 2 heterocycles. The highest BCUT2D eigenvalue weighted by Crippen LogP contribution is 2.41. The van der Waals surface area contributed by atoms with Crippen molar-refractivity contribution < 1.29 is 13.6 Å². The molecule has 1 aliphatic heterocycles. The molecule has 2 aliphatic rings. The summed E-state index contributed by atoms with van der Waals surface area (Å²) >= 11 is 0. The third-order valence-electron chi connectivity index (χ3n) is 3.98. The number of carbonyl (C=O) groups is 1. The first-order valence-electron chi connectivity index (χ1n) is 6.87. The molecule has 1 saturated heterocycles. The van der Waals surface area contributed by atoms with E-state index < -0.39 is 17.5 Å². The largest absolute Gasteiger partial charge is 0.350 e. The van der Waals surface area contributed by atoms with Gasteiger partial charge in [0.2, 0.25) is 5.95 Å². The smallest absolute Gasteiger partial charge is 0.260 e. The first-order chi connectivity index (χ1) is 9.49. The lowest BCUT2D eigenvalue weighted by atomic mass is 10.1.